The average molecular weight is 451 g/mol. The molecule has 0 spiro atoms. The Hall–Kier alpha value is -2.95. The van der Waals surface area contributed by atoms with Crippen molar-refractivity contribution < 1.29 is 23.9 Å². The highest BCUT2D eigenvalue weighted by Crippen LogP contribution is 2.35. The Balaban J connectivity index is 1.41. The van der Waals surface area contributed by atoms with Gasteiger partial charge < -0.3 is 9.47 Å². The van der Waals surface area contributed by atoms with Crippen LogP contribution in [0.3, 0.4) is 0 Å². The maximum atomic E-state index is 12.4. The summed E-state index contributed by atoms with van der Waals surface area (Å²) in [7, 11) is 0. The highest BCUT2D eigenvalue weighted by atomic mass is 16.5. The molecule has 1 aliphatic carbocycles. The summed E-state index contributed by atoms with van der Waals surface area (Å²) in [6.45, 7) is 6.16. The van der Waals surface area contributed by atoms with E-state index in [0.29, 0.717) is 23.3 Å². The van der Waals surface area contributed by atoms with Gasteiger partial charge in [0, 0.05) is 5.56 Å². The zero-order valence-electron chi connectivity index (χ0n) is 19.8. The normalized spacial score (nSPS) is 20.3. The van der Waals surface area contributed by atoms with E-state index in [1.54, 1.807) is 12.1 Å². The second-order valence-corrected chi connectivity index (χ2v) is 9.38. The van der Waals surface area contributed by atoms with Gasteiger partial charge in [0.25, 0.3) is 0 Å². The first-order valence-electron chi connectivity index (χ1n) is 11.9. The summed E-state index contributed by atoms with van der Waals surface area (Å²) in [5.41, 5.74) is 2.56. The predicted octanol–water partition coefficient (Wildman–Crippen LogP) is 5.86. The minimum atomic E-state index is -0.571. The van der Waals surface area contributed by atoms with Crippen LogP contribution in [0.2, 0.25) is 0 Å². The van der Waals surface area contributed by atoms with Crippen molar-refractivity contribution in [3.63, 3.8) is 0 Å². The van der Waals surface area contributed by atoms with Gasteiger partial charge in [-0.3, -0.25) is 14.4 Å². The van der Waals surface area contributed by atoms with Gasteiger partial charge in [0.15, 0.2) is 12.4 Å². The van der Waals surface area contributed by atoms with Crippen molar-refractivity contribution in [1.29, 1.82) is 0 Å². The van der Waals surface area contributed by atoms with Crippen molar-refractivity contribution >= 4 is 17.7 Å². The quantitative estimate of drug-likeness (QED) is 0.353. The number of benzene rings is 2. The van der Waals surface area contributed by atoms with Crippen LogP contribution in [0.25, 0.3) is 11.1 Å². The zero-order valence-corrected chi connectivity index (χ0v) is 19.8. The van der Waals surface area contributed by atoms with E-state index < -0.39 is 5.97 Å². The Kier molecular flexibility index (Phi) is 8.81. The van der Waals surface area contributed by atoms with Crippen LogP contribution in [0.15, 0.2) is 54.6 Å². The van der Waals surface area contributed by atoms with Gasteiger partial charge in [0.1, 0.15) is 6.10 Å². The Bertz CT molecular complexity index is 933. The summed E-state index contributed by atoms with van der Waals surface area (Å²) >= 11 is 0. The summed E-state index contributed by atoms with van der Waals surface area (Å²) in [5.74, 6) is 0.131. The lowest BCUT2D eigenvalue weighted by Gasteiger charge is -2.36. The van der Waals surface area contributed by atoms with Crippen molar-refractivity contribution in [1.82, 2.24) is 0 Å². The minimum absolute atomic E-state index is 0.0332. The van der Waals surface area contributed by atoms with Gasteiger partial charge >= 0.3 is 11.9 Å². The van der Waals surface area contributed by atoms with Crippen molar-refractivity contribution in [2.75, 3.05) is 6.61 Å². The van der Waals surface area contributed by atoms with E-state index in [4.69, 9.17) is 9.47 Å². The molecule has 1 saturated carbocycles. The molecule has 2 aromatic carbocycles. The zero-order chi connectivity index (χ0) is 23.8. The molecule has 3 rings (SSSR count). The highest BCUT2D eigenvalue weighted by molar-refractivity contribution is 5.98. The largest absolute Gasteiger partial charge is 0.462 e. The molecule has 176 valence electrons. The summed E-state index contributed by atoms with van der Waals surface area (Å²) in [6, 6.07) is 17.1. The van der Waals surface area contributed by atoms with Gasteiger partial charge in [0.05, 0.1) is 12.8 Å². The second kappa shape index (κ2) is 11.8. The molecule has 3 atom stereocenters. The number of carbonyl (C=O) groups is 3. The van der Waals surface area contributed by atoms with Crippen molar-refractivity contribution in [2.24, 2.45) is 17.8 Å². The number of esters is 2. The maximum absolute atomic E-state index is 12.4. The molecule has 1 fully saturated rings. The van der Waals surface area contributed by atoms with Crippen LogP contribution in [0.4, 0.5) is 0 Å². The number of carbonyl (C=O) groups excluding carboxylic acids is 3. The van der Waals surface area contributed by atoms with Crippen LogP contribution >= 0.6 is 0 Å². The summed E-state index contributed by atoms with van der Waals surface area (Å²) in [6.07, 6.45) is 2.89. The third-order valence-electron chi connectivity index (χ3n) is 6.46. The molecule has 0 aliphatic heterocycles. The minimum Gasteiger partial charge on any atom is -0.462 e. The highest BCUT2D eigenvalue weighted by Gasteiger charge is 2.33. The summed E-state index contributed by atoms with van der Waals surface area (Å²) in [4.78, 5) is 36.7. The van der Waals surface area contributed by atoms with Crippen LogP contribution < -0.4 is 0 Å². The standard InChI is InChI=1S/C28H34O5/c1-19(2)24-14-9-20(3)17-26(24)33-28(31)16-15-27(30)32-18-25(29)23-12-10-22(11-13-23)21-7-5-4-6-8-21/h4-8,10-13,19-20,24,26H,9,14-18H2,1-3H3/t20-,24-,26+/m1/s1. The maximum Gasteiger partial charge on any atom is 0.306 e. The van der Waals surface area contributed by atoms with Crippen LogP contribution in [0.5, 0.6) is 0 Å². The third-order valence-corrected chi connectivity index (χ3v) is 6.46. The molecular formula is C28H34O5. The Labute approximate surface area is 196 Å². The fourth-order valence-electron chi connectivity index (χ4n) is 4.46. The van der Waals surface area contributed by atoms with Crippen molar-refractivity contribution in [3.8, 4) is 11.1 Å². The number of rotatable bonds is 9. The van der Waals surface area contributed by atoms with Gasteiger partial charge in [-0.15, -0.1) is 0 Å². The van der Waals surface area contributed by atoms with Gasteiger partial charge in [0.2, 0.25) is 0 Å². The average Bonchev–Trinajstić information content (AvgIpc) is 2.81. The van der Waals surface area contributed by atoms with Crippen LogP contribution in [0, 0.1) is 17.8 Å². The number of hydrogen-bond acceptors (Lipinski definition) is 5. The summed E-state index contributed by atoms with van der Waals surface area (Å²) < 4.78 is 10.8. The van der Waals surface area contributed by atoms with Crippen molar-refractivity contribution in [3.05, 3.63) is 60.2 Å². The van der Waals surface area contributed by atoms with E-state index in [1.165, 1.54) is 0 Å². The predicted molar refractivity (Wildman–Crippen MR) is 128 cm³/mol. The molecule has 0 saturated heterocycles. The second-order valence-electron chi connectivity index (χ2n) is 9.38. The SMILES string of the molecule is CC(C)[C@H]1CC[C@@H](C)C[C@@H]1OC(=O)CCC(=O)OCC(=O)c1ccc(-c2ccccc2)cc1. The number of ether oxygens (including phenoxy) is 2. The number of hydrogen-bond donors (Lipinski definition) is 0. The van der Waals surface area contributed by atoms with E-state index in [2.05, 4.69) is 20.8 Å². The van der Waals surface area contributed by atoms with Crippen LogP contribution in [-0.2, 0) is 19.1 Å². The lowest BCUT2D eigenvalue weighted by molar-refractivity contribution is -0.158. The Morgan fingerprint density at radius 3 is 2.18 bits per heavy atom. The number of Topliss-reactive ketones (excluding diaryl/α,β-unsaturated/α-hetero) is 1. The lowest BCUT2D eigenvalue weighted by Crippen LogP contribution is -2.36. The fraction of sp³-hybridized carbons (Fsp3) is 0.464. The molecule has 0 amide bonds. The molecule has 0 N–H and O–H groups in total. The Morgan fingerprint density at radius 1 is 0.879 bits per heavy atom. The first-order chi connectivity index (χ1) is 15.8. The molecule has 0 radical (unpaired) electrons. The van der Waals surface area contributed by atoms with E-state index in [9.17, 15) is 14.4 Å². The Morgan fingerprint density at radius 2 is 1.52 bits per heavy atom. The first-order valence-corrected chi connectivity index (χ1v) is 11.9. The van der Waals surface area contributed by atoms with E-state index in [0.717, 1.165) is 30.4 Å². The van der Waals surface area contributed by atoms with Gasteiger partial charge in [-0.1, -0.05) is 81.8 Å². The number of ketones is 1. The van der Waals surface area contributed by atoms with Gasteiger partial charge in [-0.25, -0.2) is 0 Å². The molecular weight excluding hydrogens is 416 g/mol. The smallest absolute Gasteiger partial charge is 0.306 e. The molecule has 33 heavy (non-hydrogen) atoms. The van der Waals surface area contributed by atoms with Crippen LogP contribution in [-0.4, -0.2) is 30.4 Å². The molecule has 5 heteroatoms. The fourth-order valence-corrected chi connectivity index (χ4v) is 4.46. The van der Waals surface area contributed by atoms with Crippen LogP contribution in [0.1, 0.15) is 63.2 Å². The molecule has 0 heterocycles. The lowest BCUT2D eigenvalue weighted by atomic mass is 9.75. The third kappa shape index (κ3) is 7.28. The molecule has 0 aromatic heterocycles. The van der Waals surface area contributed by atoms with Crippen molar-refractivity contribution in [2.45, 2.75) is 59.0 Å². The topological polar surface area (TPSA) is 69.7 Å². The van der Waals surface area contributed by atoms with E-state index in [-0.39, 0.29) is 37.3 Å². The molecule has 5 nitrogen and oxygen atoms in total. The van der Waals surface area contributed by atoms with E-state index in [1.807, 2.05) is 42.5 Å². The molecule has 0 unspecified atom stereocenters. The molecule has 2 aromatic rings. The van der Waals surface area contributed by atoms with Gasteiger partial charge in [-0.05, 0) is 41.7 Å². The molecule has 0 bridgehead atoms. The van der Waals surface area contributed by atoms with E-state index >= 15 is 0 Å². The van der Waals surface area contributed by atoms with Gasteiger partial charge in [-0.2, -0.15) is 0 Å². The molecule has 1 aliphatic rings. The first kappa shape index (κ1) is 24.7. The monoisotopic (exact) mass is 450 g/mol. The summed E-state index contributed by atoms with van der Waals surface area (Å²) in [5, 5.41) is 0.